The summed E-state index contributed by atoms with van der Waals surface area (Å²) in [5.41, 5.74) is 0.461. The molecule has 0 aliphatic rings. The van der Waals surface area contributed by atoms with E-state index in [-0.39, 0.29) is 5.69 Å². The maximum Gasteiger partial charge on any atom is 0.343 e. The van der Waals surface area contributed by atoms with E-state index < -0.39 is 6.10 Å². The second-order valence-electron chi connectivity index (χ2n) is 4.31. The maximum absolute atomic E-state index is 11.5. The first-order valence-electron chi connectivity index (χ1n) is 6.34. The molecule has 0 saturated carbocycles. The van der Waals surface area contributed by atoms with Gasteiger partial charge in [0, 0.05) is 17.3 Å². The van der Waals surface area contributed by atoms with Crippen molar-refractivity contribution in [3.05, 3.63) is 45.3 Å². The van der Waals surface area contributed by atoms with Crippen LogP contribution >= 0.6 is 23.4 Å². The van der Waals surface area contributed by atoms with E-state index in [2.05, 4.69) is 10.2 Å². The zero-order chi connectivity index (χ0) is 14.5. The fourth-order valence-corrected chi connectivity index (χ4v) is 3.01. The van der Waals surface area contributed by atoms with Crippen LogP contribution in [0.25, 0.3) is 0 Å². The molecule has 20 heavy (non-hydrogen) atoms. The number of H-pyrrole nitrogens is 1. The van der Waals surface area contributed by atoms with Crippen LogP contribution in [0.15, 0.2) is 34.2 Å². The molecule has 0 amide bonds. The highest BCUT2D eigenvalue weighted by atomic mass is 35.5. The second kappa shape index (κ2) is 6.97. The van der Waals surface area contributed by atoms with Crippen molar-refractivity contribution >= 4 is 23.4 Å². The van der Waals surface area contributed by atoms with Crippen molar-refractivity contribution < 1.29 is 5.11 Å². The number of aliphatic hydroxyl groups is 1. The van der Waals surface area contributed by atoms with Gasteiger partial charge in [0.1, 0.15) is 0 Å². The summed E-state index contributed by atoms with van der Waals surface area (Å²) >= 11 is 7.37. The van der Waals surface area contributed by atoms with Gasteiger partial charge in [0.25, 0.3) is 0 Å². The summed E-state index contributed by atoms with van der Waals surface area (Å²) < 4.78 is 1.57. The van der Waals surface area contributed by atoms with E-state index in [9.17, 15) is 9.90 Å². The number of aromatic amines is 1. The van der Waals surface area contributed by atoms with E-state index >= 15 is 0 Å². The van der Waals surface area contributed by atoms with Gasteiger partial charge in [-0.15, -0.1) is 5.10 Å². The molecule has 0 saturated heterocycles. The topological polar surface area (TPSA) is 70.9 Å². The Hall–Kier alpha value is -1.24. The molecular formula is C13H16ClN3O2S. The lowest BCUT2D eigenvalue weighted by atomic mass is 10.1. The molecule has 1 aromatic heterocycles. The summed E-state index contributed by atoms with van der Waals surface area (Å²) in [7, 11) is 0. The molecule has 1 atom stereocenters. The second-order valence-corrected chi connectivity index (χ2v) is 5.71. The van der Waals surface area contributed by atoms with Gasteiger partial charge in [-0.05, 0) is 18.1 Å². The molecule has 108 valence electrons. The molecular weight excluding hydrogens is 298 g/mol. The molecule has 1 aromatic carbocycles. The maximum atomic E-state index is 11.5. The number of nitrogens with one attached hydrogen (secondary N) is 1. The zero-order valence-electron chi connectivity index (χ0n) is 11.0. The highest BCUT2D eigenvalue weighted by molar-refractivity contribution is 7.99. The van der Waals surface area contributed by atoms with Gasteiger partial charge in [-0.3, -0.25) is 4.57 Å². The number of hydrogen-bond donors (Lipinski definition) is 2. The van der Waals surface area contributed by atoms with Gasteiger partial charge in [-0.1, -0.05) is 48.5 Å². The van der Waals surface area contributed by atoms with Gasteiger partial charge in [0.2, 0.25) is 0 Å². The van der Waals surface area contributed by atoms with Crippen LogP contribution < -0.4 is 5.69 Å². The van der Waals surface area contributed by atoms with Crippen molar-refractivity contribution in [1.29, 1.82) is 0 Å². The van der Waals surface area contributed by atoms with Gasteiger partial charge < -0.3 is 5.11 Å². The summed E-state index contributed by atoms with van der Waals surface area (Å²) in [6, 6.07) is 7.18. The number of nitrogens with zero attached hydrogens (tertiary/aromatic N) is 2. The fraction of sp³-hybridized carbons (Fsp3) is 0.385. The first kappa shape index (κ1) is 15.2. The van der Waals surface area contributed by atoms with Crippen LogP contribution in [0, 0.1) is 0 Å². The van der Waals surface area contributed by atoms with Gasteiger partial charge in [-0.2, -0.15) is 0 Å². The molecule has 0 fully saturated rings. The Labute approximate surface area is 126 Å². The summed E-state index contributed by atoms with van der Waals surface area (Å²) in [6.45, 7) is 2.60. The standard InChI is InChI=1S/C13H16ClN3O2S/c1-2-7-17-12(19)15-16-13(17)20-8-11(18)9-5-3-4-6-10(9)14/h3-6,11,18H,2,7-8H2,1H3,(H,15,19)/t11-/m0/s1. The van der Waals surface area contributed by atoms with Crippen molar-refractivity contribution in [3.8, 4) is 0 Å². The first-order chi connectivity index (χ1) is 9.63. The van der Waals surface area contributed by atoms with Crippen LogP contribution in [-0.4, -0.2) is 25.6 Å². The fourth-order valence-electron chi connectivity index (χ4n) is 1.82. The van der Waals surface area contributed by atoms with Crippen LogP contribution in [0.5, 0.6) is 0 Å². The lowest BCUT2D eigenvalue weighted by Gasteiger charge is -2.12. The Kier molecular flexibility index (Phi) is 5.28. The molecule has 0 unspecified atom stereocenters. The summed E-state index contributed by atoms with van der Waals surface area (Å²) in [5, 5.41) is 17.7. The van der Waals surface area contributed by atoms with Crippen molar-refractivity contribution in [2.75, 3.05) is 5.75 Å². The third kappa shape index (κ3) is 3.45. The van der Waals surface area contributed by atoms with Crippen LogP contribution in [0.3, 0.4) is 0 Å². The number of rotatable bonds is 6. The highest BCUT2D eigenvalue weighted by Gasteiger charge is 2.14. The van der Waals surface area contributed by atoms with E-state index in [1.165, 1.54) is 11.8 Å². The molecule has 0 aliphatic heterocycles. The van der Waals surface area contributed by atoms with Crippen LogP contribution in [-0.2, 0) is 6.54 Å². The third-order valence-corrected chi connectivity index (χ3v) is 4.20. The number of aliphatic hydroxyl groups excluding tert-OH is 1. The zero-order valence-corrected chi connectivity index (χ0v) is 12.6. The van der Waals surface area contributed by atoms with E-state index in [4.69, 9.17) is 11.6 Å². The molecule has 7 heteroatoms. The summed E-state index contributed by atoms with van der Waals surface area (Å²) in [5.74, 6) is 0.387. The van der Waals surface area contributed by atoms with Crippen molar-refractivity contribution in [3.63, 3.8) is 0 Å². The predicted molar refractivity (Wildman–Crippen MR) is 80.3 cm³/mol. The Morgan fingerprint density at radius 2 is 2.25 bits per heavy atom. The molecule has 2 N–H and O–H groups in total. The molecule has 5 nitrogen and oxygen atoms in total. The lowest BCUT2D eigenvalue weighted by Crippen LogP contribution is -2.17. The lowest BCUT2D eigenvalue weighted by molar-refractivity contribution is 0.204. The van der Waals surface area contributed by atoms with E-state index in [1.54, 1.807) is 16.7 Å². The third-order valence-electron chi connectivity index (χ3n) is 2.80. The van der Waals surface area contributed by atoms with Crippen molar-refractivity contribution in [2.45, 2.75) is 31.1 Å². The number of hydrogen-bond acceptors (Lipinski definition) is 4. The molecule has 0 aliphatic carbocycles. The molecule has 1 heterocycles. The molecule has 2 rings (SSSR count). The number of thioether (sulfide) groups is 1. The largest absolute Gasteiger partial charge is 0.387 e. The first-order valence-corrected chi connectivity index (χ1v) is 7.70. The monoisotopic (exact) mass is 313 g/mol. The number of benzene rings is 1. The highest BCUT2D eigenvalue weighted by Crippen LogP contribution is 2.27. The van der Waals surface area contributed by atoms with Gasteiger partial charge in [0.15, 0.2) is 5.16 Å². The minimum Gasteiger partial charge on any atom is -0.387 e. The molecule has 2 aromatic rings. The van der Waals surface area contributed by atoms with E-state index in [0.29, 0.717) is 28.0 Å². The van der Waals surface area contributed by atoms with Crippen molar-refractivity contribution in [1.82, 2.24) is 14.8 Å². The molecule has 0 radical (unpaired) electrons. The minimum absolute atomic E-state index is 0.221. The number of aromatic nitrogens is 3. The van der Waals surface area contributed by atoms with Crippen LogP contribution in [0.1, 0.15) is 25.0 Å². The molecule has 0 spiro atoms. The van der Waals surface area contributed by atoms with Crippen LogP contribution in [0.2, 0.25) is 5.02 Å². The Balaban J connectivity index is 2.06. The van der Waals surface area contributed by atoms with Gasteiger partial charge in [0.05, 0.1) is 6.10 Å². The summed E-state index contributed by atoms with van der Waals surface area (Å²) in [4.78, 5) is 11.5. The Bertz CT molecular complexity index is 626. The number of halogens is 1. The quantitative estimate of drug-likeness (QED) is 0.804. The Morgan fingerprint density at radius 3 is 2.95 bits per heavy atom. The van der Waals surface area contributed by atoms with Crippen LogP contribution in [0.4, 0.5) is 0 Å². The average Bonchev–Trinajstić information content (AvgIpc) is 2.78. The smallest absolute Gasteiger partial charge is 0.343 e. The molecule has 0 bridgehead atoms. The Morgan fingerprint density at radius 1 is 1.50 bits per heavy atom. The van der Waals surface area contributed by atoms with E-state index in [0.717, 1.165) is 6.42 Å². The predicted octanol–water partition coefficient (Wildman–Crippen LogP) is 2.46. The van der Waals surface area contributed by atoms with E-state index in [1.807, 2.05) is 19.1 Å². The van der Waals surface area contributed by atoms with Gasteiger partial charge >= 0.3 is 5.69 Å². The normalized spacial score (nSPS) is 12.6. The average molecular weight is 314 g/mol. The SMILES string of the molecule is CCCn1c(SC[C@H](O)c2ccccc2Cl)n[nH]c1=O. The van der Waals surface area contributed by atoms with Crippen molar-refractivity contribution in [2.24, 2.45) is 0 Å². The van der Waals surface area contributed by atoms with Gasteiger partial charge in [-0.25, -0.2) is 9.89 Å². The summed E-state index contributed by atoms with van der Waals surface area (Å²) in [6.07, 6.45) is 0.149. The minimum atomic E-state index is -0.699.